The standard InChI is InChI=1S/C26H35F2N5O3/c1-25(2,3)17-6-5-7-18(11-17)26(14-30-24(33-36)31-15-26)32-13-22(34)21(23(35)29-4)10-16-8-19(27)12-20(28)9-16/h5-9,11-12,21-22,32,34,36H,10,13-15H2,1-4H3,(H,29,35)(H2,30,31,33). The van der Waals surface area contributed by atoms with E-state index in [1.54, 1.807) is 0 Å². The number of carbonyl (C=O) groups is 1. The first-order chi connectivity index (χ1) is 17.0. The number of hydrogen-bond acceptors (Lipinski definition) is 7. The van der Waals surface area contributed by atoms with Crippen molar-refractivity contribution >= 4 is 11.9 Å². The Morgan fingerprint density at radius 1 is 1.19 bits per heavy atom. The quantitative estimate of drug-likeness (QED) is 0.307. The van der Waals surface area contributed by atoms with Crippen LogP contribution >= 0.6 is 0 Å². The smallest absolute Gasteiger partial charge is 0.225 e. The zero-order chi connectivity index (χ0) is 26.5. The second kappa shape index (κ2) is 11.3. The molecule has 36 heavy (non-hydrogen) atoms. The molecule has 8 nitrogen and oxygen atoms in total. The molecule has 3 atom stereocenters. The van der Waals surface area contributed by atoms with Crippen molar-refractivity contribution in [3.8, 4) is 0 Å². The summed E-state index contributed by atoms with van der Waals surface area (Å²) < 4.78 is 27.4. The number of hydroxylamine groups is 1. The van der Waals surface area contributed by atoms with E-state index in [1.165, 1.54) is 7.05 Å². The van der Waals surface area contributed by atoms with Gasteiger partial charge in [-0.3, -0.25) is 10.0 Å². The third-order valence-corrected chi connectivity index (χ3v) is 6.53. The molecule has 3 rings (SSSR count). The fourth-order valence-corrected chi connectivity index (χ4v) is 4.35. The van der Waals surface area contributed by atoms with Gasteiger partial charge in [0.05, 0.1) is 24.1 Å². The minimum Gasteiger partial charge on any atom is -0.391 e. The average Bonchev–Trinajstić information content (AvgIpc) is 2.84. The van der Waals surface area contributed by atoms with Crippen LogP contribution in [0.4, 0.5) is 8.78 Å². The minimum atomic E-state index is -1.17. The predicted molar refractivity (Wildman–Crippen MR) is 134 cm³/mol. The minimum absolute atomic E-state index is 0.00865. The molecule has 1 heterocycles. The lowest BCUT2D eigenvalue weighted by Crippen LogP contribution is -2.60. The van der Waals surface area contributed by atoms with Crippen LogP contribution in [-0.4, -0.2) is 55.0 Å². The molecule has 1 amide bonds. The van der Waals surface area contributed by atoms with Gasteiger partial charge in [-0.2, -0.15) is 0 Å². The van der Waals surface area contributed by atoms with E-state index in [0.717, 1.165) is 29.3 Å². The number of nitrogens with zero attached hydrogens (tertiary/aromatic N) is 1. The molecule has 0 saturated heterocycles. The van der Waals surface area contributed by atoms with Crippen LogP contribution < -0.4 is 21.4 Å². The summed E-state index contributed by atoms with van der Waals surface area (Å²) in [5.74, 6) is -2.65. The molecule has 0 spiro atoms. The molecule has 2 aromatic carbocycles. The van der Waals surface area contributed by atoms with Crippen LogP contribution in [0, 0.1) is 17.6 Å². The number of benzene rings is 2. The van der Waals surface area contributed by atoms with E-state index in [0.29, 0.717) is 6.54 Å². The van der Waals surface area contributed by atoms with Gasteiger partial charge in [0.2, 0.25) is 11.9 Å². The largest absolute Gasteiger partial charge is 0.391 e. The summed E-state index contributed by atoms with van der Waals surface area (Å²) in [4.78, 5) is 17.0. The lowest BCUT2D eigenvalue weighted by molar-refractivity contribution is -0.128. The van der Waals surface area contributed by atoms with Crippen molar-refractivity contribution in [2.24, 2.45) is 10.9 Å². The number of aliphatic hydroxyl groups excluding tert-OH is 1. The summed E-state index contributed by atoms with van der Waals surface area (Å²) in [6.45, 7) is 6.95. The molecule has 10 heteroatoms. The van der Waals surface area contributed by atoms with Crippen molar-refractivity contribution in [3.63, 3.8) is 0 Å². The number of nitrogens with one attached hydrogen (secondary N) is 4. The van der Waals surface area contributed by atoms with E-state index in [4.69, 9.17) is 0 Å². The lowest BCUT2D eigenvalue weighted by atomic mass is 9.81. The van der Waals surface area contributed by atoms with Gasteiger partial charge in [0.25, 0.3) is 0 Å². The monoisotopic (exact) mass is 503 g/mol. The molecule has 1 aliphatic rings. The summed E-state index contributed by atoms with van der Waals surface area (Å²) in [6, 6.07) is 11.1. The first-order valence-electron chi connectivity index (χ1n) is 11.9. The van der Waals surface area contributed by atoms with Gasteiger partial charge in [0.1, 0.15) is 11.6 Å². The van der Waals surface area contributed by atoms with E-state index in [2.05, 4.69) is 47.8 Å². The van der Waals surface area contributed by atoms with Crippen molar-refractivity contribution in [1.82, 2.24) is 21.4 Å². The Morgan fingerprint density at radius 3 is 2.44 bits per heavy atom. The Balaban J connectivity index is 1.87. The molecule has 1 aliphatic heterocycles. The summed E-state index contributed by atoms with van der Waals surface area (Å²) >= 11 is 0. The molecule has 3 unspecified atom stereocenters. The van der Waals surface area contributed by atoms with Crippen LogP contribution in [0.1, 0.15) is 37.5 Å². The molecule has 2 aromatic rings. The van der Waals surface area contributed by atoms with E-state index in [1.807, 2.05) is 23.7 Å². The van der Waals surface area contributed by atoms with Crippen molar-refractivity contribution in [2.75, 3.05) is 26.7 Å². The van der Waals surface area contributed by atoms with Gasteiger partial charge >= 0.3 is 0 Å². The van der Waals surface area contributed by atoms with E-state index >= 15 is 0 Å². The summed E-state index contributed by atoms with van der Waals surface area (Å²) in [6.07, 6.45) is -1.21. The second-order valence-electron chi connectivity index (χ2n) is 10.2. The van der Waals surface area contributed by atoms with Crippen LogP contribution in [0.25, 0.3) is 0 Å². The summed E-state index contributed by atoms with van der Waals surface area (Å²) in [7, 11) is 1.45. The molecule has 0 fully saturated rings. The molecule has 0 radical (unpaired) electrons. The highest BCUT2D eigenvalue weighted by molar-refractivity contribution is 5.80. The third-order valence-electron chi connectivity index (χ3n) is 6.53. The molecule has 196 valence electrons. The Bertz CT molecular complexity index is 1080. The highest BCUT2D eigenvalue weighted by Gasteiger charge is 2.37. The van der Waals surface area contributed by atoms with E-state index in [9.17, 15) is 23.9 Å². The Kier molecular flexibility index (Phi) is 8.65. The number of aliphatic imine (C=N–C) groups is 1. The highest BCUT2D eigenvalue weighted by Crippen LogP contribution is 2.29. The molecule has 6 N–H and O–H groups in total. The maximum atomic E-state index is 13.7. The average molecular weight is 504 g/mol. The number of hydrogen-bond donors (Lipinski definition) is 6. The SMILES string of the molecule is CNC(=O)C(Cc1cc(F)cc(F)c1)C(O)CNC1(c2cccc(C(C)(C)C)c2)CN=C(NO)NC1. The number of carbonyl (C=O) groups excluding carboxylic acids is 1. The first kappa shape index (κ1) is 27.5. The van der Waals surface area contributed by atoms with Gasteiger partial charge < -0.3 is 21.1 Å². The number of amides is 1. The zero-order valence-electron chi connectivity index (χ0n) is 21.0. The van der Waals surface area contributed by atoms with Crippen LogP contribution in [0.2, 0.25) is 0 Å². The van der Waals surface area contributed by atoms with Gasteiger partial charge in [-0.15, -0.1) is 0 Å². The van der Waals surface area contributed by atoms with Gasteiger partial charge in [-0.25, -0.2) is 19.3 Å². The van der Waals surface area contributed by atoms with Crippen molar-refractivity contribution in [1.29, 1.82) is 0 Å². The van der Waals surface area contributed by atoms with Crippen LogP contribution in [0.3, 0.4) is 0 Å². The maximum Gasteiger partial charge on any atom is 0.225 e. The molecule has 0 bridgehead atoms. The number of halogens is 2. The van der Waals surface area contributed by atoms with Crippen LogP contribution in [-0.2, 0) is 22.2 Å². The summed E-state index contributed by atoms with van der Waals surface area (Å²) in [5.41, 5.74) is 3.50. The van der Waals surface area contributed by atoms with Crippen LogP contribution in [0.5, 0.6) is 0 Å². The lowest BCUT2D eigenvalue weighted by Gasteiger charge is -2.39. The maximum absolute atomic E-state index is 13.7. The molecular weight excluding hydrogens is 468 g/mol. The topological polar surface area (TPSA) is 118 Å². The van der Waals surface area contributed by atoms with Crippen molar-refractivity contribution < 1.29 is 23.9 Å². The first-order valence-corrected chi connectivity index (χ1v) is 11.9. The number of rotatable bonds is 8. The molecule has 0 saturated carbocycles. The highest BCUT2D eigenvalue weighted by atomic mass is 19.1. The van der Waals surface area contributed by atoms with Crippen molar-refractivity contribution in [3.05, 3.63) is 70.8 Å². The normalized spacial score (nSPS) is 19.6. The number of guanidine groups is 1. The Labute approximate surface area is 210 Å². The van der Waals surface area contributed by atoms with Crippen molar-refractivity contribution in [2.45, 2.75) is 44.2 Å². The van der Waals surface area contributed by atoms with Gasteiger partial charge in [-0.05, 0) is 40.7 Å². The molecule has 0 aromatic heterocycles. The zero-order valence-corrected chi connectivity index (χ0v) is 21.0. The molecular formula is C26H35F2N5O3. The fourth-order valence-electron chi connectivity index (χ4n) is 4.35. The van der Waals surface area contributed by atoms with E-state index in [-0.39, 0.29) is 36.4 Å². The van der Waals surface area contributed by atoms with Crippen LogP contribution in [0.15, 0.2) is 47.5 Å². The predicted octanol–water partition coefficient (Wildman–Crippen LogP) is 1.95. The van der Waals surface area contributed by atoms with E-state index < -0.39 is 35.1 Å². The Morgan fingerprint density at radius 2 is 1.89 bits per heavy atom. The molecule has 0 aliphatic carbocycles. The fraction of sp³-hybridized carbons (Fsp3) is 0.462. The second-order valence-corrected chi connectivity index (χ2v) is 10.2. The number of aliphatic hydroxyl groups is 1. The van der Waals surface area contributed by atoms with Gasteiger partial charge in [-0.1, -0.05) is 45.0 Å². The van der Waals surface area contributed by atoms with Gasteiger partial charge in [0.15, 0.2) is 0 Å². The summed E-state index contributed by atoms with van der Waals surface area (Å²) in [5, 5.41) is 29.3. The third kappa shape index (κ3) is 6.57. The van der Waals surface area contributed by atoms with Gasteiger partial charge in [0, 0.05) is 26.2 Å². The Hall–Kier alpha value is -3.08.